The summed E-state index contributed by atoms with van der Waals surface area (Å²) in [5.74, 6) is 8.38. The third kappa shape index (κ3) is 17.3. The molecule has 12 rings (SSSR count). The second-order valence-corrected chi connectivity index (χ2v) is 39.8. The van der Waals surface area contributed by atoms with Gasteiger partial charge in [-0.3, -0.25) is 19.6 Å². The molecule has 92 heavy (non-hydrogen) atoms. The van der Waals surface area contributed by atoms with E-state index in [9.17, 15) is 0 Å². The first-order chi connectivity index (χ1) is 43.7. The summed E-state index contributed by atoms with van der Waals surface area (Å²) in [6.45, 7) is 38.2. The van der Waals surface area contributed by atoms with Crippen LogP contribution in [0, 0.1) is 59.2 Å². The molecule has 0 bridgehead atoms. The SMILES string of the molecule is CC1CCC(N(C2CCC(OC(C)(C)C)CC2)C2CC(N(C3CCC(C)CC3)C3CCC(OC(C)(C)C)CC3)C3CCC4C5C(CCC2C35)C(N(C2CCC(C)CC2)C2CCC(OC(C)(C)C)CC2)CC4N(C2CCC(C)CC2)C2CCC(OC(C)(C)C)CC2)CC1. The molecule has 0 radical (unpaired) electrons. The molecule has 0 aromatic rings. The van der Waals surface area contributed by atoms with Gasteiger partial charge in [0.1, 0.15) is 0 Å². The van der Waals surface area contributed by atoms with Gasteiger partial charge in [-0.1, -0.05) is 27.7 Å². The number of hydrogen-bond donors (Lipinski definition) is 0. The van der Waals surface area contributed by atoms with Crippen LogP contribution in [0.3, 0.4) is 0 Å². The van der Waals surface area contributed by atoms with Crippen LogP contribution in [0.5, 0.6) is 0 Å². The van der Waals surface area contributed by atoms with Gasteiger partial charge in [0.15, 0.2) is 0 Å². The molecule has 12 saturated carbocycles. The van der Waals surface area contributed by atoms with Crippen molar-refractivity contribution in [2.75, 3.05) is 0 Å². The quantitative estimate of drug-likeness (QED) is 0.152. The first-order valence-electron chi connectivity index (χ1n) is 41.5. The van der Waals surface area contributed by atoms with E-state index in [2.05, 4.69) is 130 Å². The Morgan fingerprint density at radius 1 is 0.207 bits per heavy atom. The molecule has 8 atom stereocenters. The Kier molecular flexibility index (Phi) is 23.4. The van der Waals surface area contributed by atoms with E-state index in [0.29, 0.717) is 72.8 Å². The number of nitrogens with zero attached hydrogens (tertiary/aromatic N) is 4. The molecule has 0 spiro atoms. The molecule has 0 saturated heterocycles. The maximum Gasteiger partial charge on any atom is 0.0602 e. The highest BCUT2D eigenvalue weighted by Gasteiger charge is 2.65. The molecule has 12 fully saturated rings. The molecular formula is C84H150N4O4. The van der Waals surface area contributed by atoms with Gasteiger partial charge in [-0.25, -0.2) is 0 Å². The minimum absolute atomic E-state index is 0.0807. The average Bonchev–Trinajstić information content (AvgIpc) is 0.702. The highest BCUT2D eigenvalue weighted by atomic mass is 16.5. The lowest BCUT2D eigenvalue weighted by atomic mass is 9.44. The molecule has 0 N–H and O–H groups in total. The van der Waals surface area contributed by atoms with Crippen LogP contribution in [0.15, 0.2) is 0 Å². The molecule has 0 aliphatic heterocycles. The zero-order valence-electron chi connectivity index (χ0n) is 63.3. The highest BCUT2D eigenvalue weighted by Crippen LogP contribution is 2.65. The van der Waals surface area contributed by atoms with Gasteiger partial charge in [0.05, 0.1) is 46.8 Å². The van der Waals surface area contributed by atoms with E-state index in [0.717, 1.165) is 83.3 Å². The van der Waals surface area contributed by atoms with Crippen molar-refractivity contribution < 1.29 is 18.9 Å². The Morgan fingerprint density at radius 2 is 0.359 bits per heavy atom. The van der Waals surface area contributed by atoms with Crippen LogP contribution < -0.4 is 0 Å². The predicted molar refractivity (Wildman–Crippen MR) is 384 cm³/mol. The molecule has 0 amide bonds. The number of hydrogen-bond acceptors (Lipinski definition) is 8. The van der Waals surface area contributed by atoms with Crippen LogP contribution in [0.25, 0.3) is 0 Å². The van der Waals surface area contributed by atoms with Crippen LogP contribution in [-0.2, 0) is 18.9 Å². The number of rotatable bonds is 16. The molecule has 12 aliphatic carbocycles. The van der Waals surface area contributed by atoms with Gasteiger partial charge >= 0.3 is 0 Å². The lowest BCUT2D eigenvalue weighted by Gasteiger charge is -2.69. The second kappa shape index (κ2) is 30.1. The van der Waals surface area contributed by atoms with Crippen molar-refractivity contribution in [3.8, 4) is 0 Å². The lowest BCUT2D eigenvalue weighted by molar-refractivity contribution is -0.199. The summed E-state index contributed by atoms with van der Waals surface area (Å²) >= 11 is 0. The lowest BCUT2D eigenvalue weighted by Crippen LogP contribution is -2.72. The summed E-state index contributed by atoms with van der Waals surface area (Å²) in [5, 5.41) is 0. The molecule has 12 aliphatic rings. The van der Waals surface area contributed by atoms with Crippen molar-refractivity contribution in [1.82, 2.24) is 19.6 Å². The Bertz CT molecular complexity index is 1910. The third-order valence-electron chi connectivity index (χ3n) is 28.5. The minimum atomic E-state index is -0.0807. The van der Waals surface area contributed by atoms with E-state index in [1.54, 1.807) is 0 Å². The van der Waals surface area contributed by atoms with Gasteiger partial charge in [-0.15, -0.1) is 0 Å². The molecule has 0 heterocycles. The molecule has 530 valence electrons. The molecule has 8 heteroatoms. The standard InChI is InChI=1S/C84H150N4O4/c1-55-17-25-59(26-18-55)85(63-33-41-67(42-34-63)89-81(5,6)7)75-53-76(86(60-27-19-56(2)20-28-60)64-35-43-68(44-36-64)90-82(8,9)10)72-51-52-74-78(88(62-31-23-58(4)24-32-62)66-39-47-70(48-40-66)92-84(14,15)16)54-77(73-50-49-71(75)79(72)80(73)74)87(61-29-21-57(3)22-30-61)65-37-45-69(46-38-65)91-83(11,12)13/h55-80H,17-54H2,1-16H3. The number of ether oxygens (including phenoxy) is 4. The summed E-state index contributed by atoms with van der Waals surface area (Å²) in [4.78, 5) is 14.1. The van der Waals surface area contributed by atoms with Gasteiger partial charge in [-0.05, 0) is 386 Å². The zero-order valence-corrected chi connectivity index (χ0v) is 63.3. The van der Waals surface area contributed by atoms with Crippen molar-refractivity contribution >= 4 is 0 Å². The van der Waals surface area contributed by atoms with Gasteiger partial charge in [0.25, 0.3) is 0 Å². The summed E-state index contributed by atoms with van der Waals surface area (Å²) in [7, 11) is 0. The smallest absolute Gasteiger partial charge is 0.0602 e. The van der Waals surface area contributed by atoms with E-state index in [1.165, 1.54) is 244 Å². The minimum Gasteiger partial charge on any atom is -0.373 e. The average molecular weight is 1280 g/mol. The maximum absolute atomic E-state index is 6.95. The zero-order chi connectivity index (χ0) is 65.0. The maximum atomic E-state index is 6.95. The molecule has 8 nitrogen and oxygen atoms in total. The van der Waals surface area contributed by atoms with Crippen molar-refractivity contribution in [1.29, 1.82) is 0 Å². The monoisotopic (exact) mass is 1280 g/mol. The van der Waals surface area contributed by atoms with Crippen LogP contribution in [0.2, 0.25) is 0 Å². The normalized spacial score (nSPS) is 44.7. The summed E-state index contributed by atoms with van der Waals surface area (Å²) in [6.07, 6.45) is 54.1. The van der Waals surface area contributed by atoms with Crippen LogP contribution in [0.4, 0.5) is 0 Å². The molecule has 8 unspecified atom stereocenters. The highest BCUT2D eigenvalue weighted by molar-refractivity contribution is 5.17. The van der Waals surface area contributed by atoms with Gasteiger partial charge < -0.3 is 18.9 Å². The van der Waals surface area contributed by atoms with E-state index in [1.807, 2.05) is 0 Å². The summed E-state index contributed by atoms with van der Waals surface area (Å²) in [6, 6.07) is 8.47. The van der Waals surface area contributed by atoms with Crippen molar-refractivity contribution in [2.24, 2.45) is 59.2 Å². The van der Waals surface area contributed by atoms with Crippen LogP contribution in [-0.4, -0.2) is 139 Å². The topological polar surface area (TPSA) is 49.9 Å². The van der Waals surface area contributed by atoms with Crippen LogP contribution >= 0.6 is 0 Å². The fourth-order valence-corrected chi connectivity index (χ4v) is 25.0. The van der Waals surface area contributed by atoms with Crippen LogP contribution in [0.1, 0.15) is 355 Å². The first kappa shape index (κ1) is 71.5. The molecule has 0 aromatic heterocycles. The summed E-state index contributed by atoms with van der Waals surface area (Å²) < 4.78 is 27.8. The largest absolute Gasteiger partial charge is 0.373 e. The Balaban J connectivity index is 0.991. The third-order valence-corrected chi connectivity index (χ3v) is 28.5. The Hall–Kier alpha value is -0.320. The van der Waals surface area contributed by atoms with Crippen molar-refractivity contribution in [3.05, 3.63) is 0 Å². The van der Waals surface area contributed by atoms with Gasteiger partial charge in [0.2, 0.25) is 0 Å². The fourth-order valence-electron chi connectivity index (χ4n) is 25.0. The van der Waals surface area contributed by atoms with Crippen molar-refractivity contribution in [3.63, 3.8) is 0 Å². The van der Waals surface area contributed by atoms with E-state index in [-0.39, 0.29) is 22.4 Å². The van der Waals surface area contributed by atoms with Gasteiger partial charge in [-0.2, -0.15) is 0 Å². The van der Waals surface area contributed by atoms with Gasteiger partial charge in [0, 0.05) is 72.5 Å². The fraction of sp³-hybridized carbons (Fsp3) is 1.00. The summed E-state index contributed by atoms with van der Waals surface area (Å²) in [5.41, 5.74) is -0.323. The van der Waals surface area contributed by atoms with E-state index in [4.69, 9.17) is 18.9 Å². The van der Waals surface area contributed by atoms with E-state index < -0.39 is 0 Å². The first-order valence-corrected chi connectivity index (χ1v) is 41.5. The molecular weight excluding hydrogens is 1130 g/mol. The Morgan fingerprint density at radius 3 is 0.511 bits per heavy atom. The Labute approximate surface area is 568 Å². The molecule has 0 aromatic carbocycles. The predicted octanol–water partition coefficient (Wildman–Crippen LogP) is 20.6. The van der Waals surface area contributed by atoms with Crippen molar-refractivity contribution in [2.45, 2.75) is 474 Å². The second-order valence-electron chi connectivity index (χ2n) is 39.8. The van der Waals surface area contributed by atoms with E-state index >= 15 is 0 Å².